The maximum atomic E-state index is 11.8. The first-order valence-electron chi connectivity index (χ1n) is 9.97. The highest BCUT2D eigenvalue weighted by Crippen LogP contribution is 2.39. The summed E-state index contributed by atoms with van der Waals surface area (Å²) in [7, 11) is 0. The van der Waals surface area contributed by atoms with Gasteiger partial charge >= 0.3 is 0 Å². The predicted octanol–water partition coefficient (Wildman–Crippen LogP) is 3.92. The predicted molar refractivity (Wildman–Crippen MR) is 109 cm³/mol. The third-order valence-corrected chi connectivity index (χ3v) is 5.56. The highest BCUT2D eigenvalue weighted by molar-refractivity contribution is 5.90. The van der Waals surface area contributed by atoms with E-state index in [9.17, 15) is 4.79 Å². The van der Waals surface area contributed by atoms with E-state index in [1.165, 1.54) is 32.1 Å². The van der Waals surface area contributed by atoms with Crippen molar-refractivity contribution in [3.05, 3.63) is 34.6 Å². The molecule has 1 heterocycles. The highest BCUT2D eigenvalue weighted by atomic mass is 16.1. The SMILES string of the molecule is CC1(C)CCCC(CCNCCCNc2n[nH]c(=O)c3ccccc23)C1. The van der Waals surface area contributed by atoms with Crippen molar-refractivity contribution in [1.29, 1.82) is 0 Å². The summed E-state index contributed by atoms with van der Waals surface area (Å²) in [5.41, 5.74) is 0.401. The Morgan fingerprint density at radius 2 is 2.00 bits per heavy atom. The van der Waals surface area contributed by atoms with Crippen molar-refractivity contribution in [1.82, 2.24) is 15.5 Å². The van der Waals surface area contributed by atoms with Crippen LogP contribution in [0.3, 0.4) is 0 Å². The molecule has 0 amide bonds. The summed E-state index contributed by atoms with van der Waals surface area (Å²) in [4.78, 5) is 11.8. The van der Waals surface area contributed by atoms with Crippen molar-refractivity contribution in [3.8, 4) is 0 Å². The summed E-state index contributed by atoms with van der Waals surface area (Å²) < 4.78 is 0. The van der Waals surface area contributed by atoms with E-state index in [-0.39, 0.29) is 5.56 Å². The van der Waals surface area contributed by atoms with Crippen molar-refractivity contribution in [2.24, 2.45) is 11.3 Å². The van der Waals surface area contributed by atoms with Crippen LogP contribution in [0.15, 0.2) is 29.1 Å². The van der Waals surface area contributed by atoms with Crippen LogP contribution in [0, 0.1) is 11.3 Å². The van der Waals surface area contributed by atoms with Gasteiger partial charge in [-0.25, -0.2) is 5.10 Å². The Bertz CT molecular complexity index is 768. The van der Waals surface area contributed by atoms with Crippen LogP contribution in [0.1, 0.15) is 52.4 Å². The number of H-pyrrole nitrogens is 1. The molecule has 0 bridgehead atoms. The van der Waals surface area contributed by atoms with Gasteiger partial charge in [0.1, 0.15) is 0 Å². The summed E-state index contributed by atoms with van der Waals surface area (Å²) in [5.74, 6) is 1.64. The number of aromatic nitrogens is 2. The quantitative estimate of drug-likeness (QED) is 0.627. The molecule has 0 saturated heterocycles. The Hall–Kier alpha value is -1.88. The molecular weight excluding hydrogens is 324 g/mol. The van der Waals surface area contributed by atoms with Crippen molar-refractivity contribution in [2.75, 3.05) is 25.0 Å². The maximum Gasteiger partial charge on any atom is 0.272 e. The first kappa shape index (κ1) is 18.9. The van der Waals surface area contributed by atoms with E-state index in [1.807, 2.05) is 24.3 Å². The van der Waals surface area contributed by atoms with Gasteiger partial charge in [-0.3, -0.25) is 4.79 Å². The van der Waals surface area contributed by atoms with Gasteiger partial charge in [0.15, 0.2) is 5.82 Å². The first-order chi connectivity index (χ1) is 12.6. The number of rotatable bonds is 8. The normalized spacial score (nSPS) is 19.5. The Morgan fingerprint density at radius 3 is 2.81 bits per heavy atom. The topological polar surface area (TPSA) is 69.8 Å². The maximum absolute atomic E-state index is 11.8. The summed E-state index contributed by atoms with van der Waals surface area (Å²) >= 11 is 0. The average Bonchev–Trinajstić information content (AvgIpc) is 2.62. The number of anilines is 1. The lowest BCUT2D eigenvalue weighted by molar-refractivity contribution is 0.173. The van der Waals surface area contributed by atoms with Gasteiger partial charge in [-0.05, 0) is 56.2 Å². The molecule has 1 aliphatic carbocycles. The van der Waals surface area contributed by atoms with Gasteiger partial charge in [0.25, 0.3) is 5.56 Å². The second kappa shape index (κ2) is 8.67. The monoisotopic (exact) mass is 356 g/mol. The van der Waals surface area contributed by atoms with Crippen LogP contribution in [0.5, 0.6) is 0 Å². The zero-order valence-electron chi connectivity index (χ0n) is 16.1. The number of hydrogen-bond acceptors (Lipinski definition) is 4. The molecule has 3 N–H and O–H groups in total. The largest absolute Gasteiger partial charge is 0.368 e. The van der Waals surface area contributed by atoms with Crippen molar-refractivity contribution >= 4 is 16.6 Å². The molecule has 3 rings (SSSR count). The molecule has 26 heavy (non-hydrogen) atoms. The molecule has 1 atom stereocenters. The molecule has 0 radical (unpaired) electrons. The number of aromatic amines is 1. The first-order valence-corrected chi connectivity index (χ1v) is 9.97. The molecule has 1 saturated carbocycles. The molecule has 2 aromatic rings. The molecule has 0 spiro atoms. The number of benzene rings is 1. The molecule has 5 nitrogen and oxygen atoms in total. The second-order valence-electron chi connectivity index (χ2n) is 8.39. The lowest BCUT2D eigenvalue weighted by atomic mass is 9.71. The number of fused-ring (bicyclic) bond motifs is 1. The Morgan fingerprint density at radius 1 is 1.19 bits per heavy atom. The van der Waals surface area contributed by atoms with E-state index in [1.54, 1.807) is 0 Å². The average molecular weight is 357 g/mol. The van der Waals surface area contributed by atoms with E-state index in [0.717, 1.165) is 43.2 Å². The van der Waals surface area contributed by atoms with Crippen LogP contribution in [-0.2, 0) is 0 Å². The van der Waals surface area contributed by atoms with Gasteiger partial charge in [0, 0.05) is 11.9 Å². The van der Waals surface area contributed by atoms with Gasteiger partial charge in [-0.1, -0.05) is 44.9 Å². The number of hydrogen-bond donors (Lipinski definition) is 3. The van der Waals surface area contributed by atoms with Crippen LogP contribution in [0.25, 0.3) is 10.8 Å². The van der Waals surface area contributed by atoms with Crippen molar-refractivity contribution in [3.63, 3.8) is 0 Å². The summed E-state index contributed by atoms with van der Waals surface area (Å²) in [5, 5.41) is 15.2. The standard InChI is InChI=1S/C21H32N4O/c1-21(2)11-5-7-16(15-21)10-14-22-12-6-13-23-19-17-8-3-4-9-18(17)20(26)25-24-19/h3-4,8-9,16,22H,5-7,10-15H2,1-2H3,(H,23,24)(H,25,26). The zero-order valence-corrected chi connectivity index (χ0v) is 16.1. The zero-order chi connectivity index (χ0) is 18.4. The molecule has 1 aliphatic rings. The summed E-state index contributed by atoms with van der Waals surface area (Å²) in [6, 6.07) is 7.57. The third kappa shape index (κ3) is 5.07. The van der Waals surface area contributed by atoms with Crippen LogP contribution in [0.2, 0.25) is 0 Å². The van der Waals surface area contributed by atoms with Gasteiger partial charge in [0.05, 0.1) is 5.39 Å². The van der Waals surface area contributed by atoms with E-state index in [0.29, 0.717) is 10.8 Å². The second-order valence-corrected chi connectivity index (χ2v) is 8.39. The molecular formula is C21H32N4O. The van der Waals surface area contributed by atoms with Gasteiger partial charge in [-0.2, -0.15) is 5.10 Å². The molecule has 1 unspecified atom stereocenters. The van der Waals surface area contributed by atoms with E-state index in [2.05, 4.69) is 34.7 Å². The van der Waals surface area contributed by atoms with E-state index < -0.39 is 0 Å². The van der Waals surface area contributed by atoms with E-state index in [4.69, 9.17) is 0 Å². The lowest BCUT2D eigenvalue weighted by Crippen LogP contribution is -2.26. The minimum absolute atomic E-state index is 0.140. The van der Waals surface area contributed by atoms with Crippen molar-refractivity contribution in [2.45, 2.75) is 52.4 Å². The molecule has 1 aromatic heterocycles. The van der Waals surface area contributed by atoms with Crippen LogP contribution in [-0.4, -0.2) is 29.8 Å². The molecule has 5 heteroatoms. The van der Waals surface area contributed by atoms with Gasteiger partial charge in [0.2, 0.25) is 0 Å². The molecule has 1 fully saturated rings. The summed E-state index contributed by atoms with van der Waals surface area (Å²) in [6.45, 7) is 7.77. The van der Waals surface area contributed by atoms with Crippen LogP contribution in [0.4, 0.5) is 5.82 Å². The fourth-order valence-corrected chi connectivity index (χ4v) is 4.20. The Kier molecular flexibility index (Phi) is 6.30. The molecule has 142 valence electrons. The lowest BCUT2D eigenvalue weighted by Gasteiger charge is -2.35. The minimum atomic E-state index is -0.140. The highest BCUT2D eigenvalue weighted by Gasteiger charge is 2.27. The molecule has 0 aliphatic heterocycles. The van der Waals surface area contributed by atoms with E-state index >= 15 is 0 Å². The van der Waals surface area contributed by atoms with Gasteiger partial charge < -0.3 is 10.6 Å². The summed E-state index contributed by atoms with van der Waals surface area (Å²) in [6.07, 6.45) is 7.88. The number of nitrogens with one attached hydrogen (secondary N) is 3. The minimum Gasteiger partial charge on any atom is -0.368 e. The molecule has 1 aromatic carbocycles. The Labute approximate surface area is 156 Å². The third-order valence-electron chi connectivity index (χ3n) is 5.56. The smallest absolute Gasteiger partial charge is 0.272 e. The Balaban J connectivity index is 1.35. The van der Waals surface area contributed by atoms with Crippen LogP contribution < -0.4 is 16.2 Å². The van der Waals surface area contributed by atoms with Gasteiger partial charge in [-0.15, -0.1) is 0 Å². The van der Waals surface area contributed by atoms with Crippen LogP contribution >= 0.6 is 0 Å². The fourth-order valence-electron chi connectivity index (χ4n) is 4.20. The van der Waals surface area contributed by atoms with Crippen molar-refractivity contribution < 1.29 is 0 Å². The fraction of sp³-hybridized carbons (Fsp3) is 0.619. The number of nitrogens with zero attached hydrogens (tertiary/aromatic N) is 1.